The number of aromatic nitrogens is 3. The zero-order valence-electron chi connectivity index (χ0n) is 26.8. The fourth-order valence-corrected chi connectivity index (χ4v) is 5.98. The van der Waals surface area contributed by atoms with Crippen LogP contribution in [0, 0.1) is 16.7 Å². The van der Waals surface area contributed by atoms with Crippen molar-refractivity contribution < 1.29 is 24.2 Å². The second-order valence-electron chi connectivity index (χ2n) is 12.8. The van der Waals surface area contributed by atoms with Gasteiger partial charge in [0.25, 0.3) is 0 Å². The zero-order valence-corrected chi connectivity index (χ0v) is 27.6. The number of halogens is 1. The molecule has 246 valence electrons. The number of aromatic amines is 1. The third kappa shape index (κ3) is 6.76. The van der Waals surface area contributed by atoms with E-state index in [0.29, 0.717) is 53.4 Å². The van der Waals surface area contributed by atoms with Crippen LogP contribution < -0.4 is 9.64 Å². The smallest absolute Gasteiger partial charge is 0.410 e. The maximum Gasteiger partial charge on any atom is 0.410 e. The van der Waals surface area contributed by atoms with Crippen molar-refractivity contribution in [1.82, 2.24) is 19.9 Å². The molecule has 2 atom stereocenters. The molecule has 1 amide bonds. The van der Waals surface area contributed by atoms with Crippen LogP contribution in [0.15, 0.2) is 72.9 Å². The lowest BCUT2D eigenvalue weighted by Crippen LogP contribution is -2.55. The second-order valence-corrected chi connectivity index (χ2v) is 13.1. The molecule has 1 unspecified atom stereocenters. The average molecular weight is 667 g/mol. The summed E-state index contributed by atoms with van der Waals surface area (Å²) in [5.41, 5.74) is 2.10. The Morgan fingerprint density at radius 2 is 1.83 bits per heavy atom. The van der Waals surface area contributed by atoms with Gasteiger partial charge in [-0.25, -0.2) is 9.78 Å². The van der Waals surface area contributed by atoms with E-state index in [1.54, 1.807) is 44.0 Å². The number of amides is 1. The number of carbonyl (C=O) groups is 2. The number of hydrogen-bond donors (Lipinski definition) is 2. The van der Waals surface area contributed by atoms with Gasteiger partial charge >= 0.3 is 12.1 Å². The Morgan fingerprint density at radius 1 is 1.08 bits per heavy atom. The van der Waals surface area contributed by atoms with Crippen molar-refractivity contribution in [2.45, 2.75) is 45.9 Å². The van der Waals surface area contributed by atoms with Gasteiger partial charge in [0.2, 0.25) is 5.28 Å². The molecule has 12 heteroatoms. The van der Waals surface area contributed by atoms with Crippen LogP contribution in [0.2, 0.25) is 5.28 Å². The molecular formula is C36H35ClN6O5. The number of fused-ring (bicyclic) bond motifs is 2. The molecule has 2 aromatic heterocycles. The second kappa shape index (κ2) is 13.5. The Balaban J connectivity index is 1.29. The Kier molecular flexibility index (Phi) is 9.22. The SMILES string of the molecule is CC(C)(C)C(=O)Oc1cc(C(O)c2c[nH]c3c(N4CCN(C(=O)OCc5ccccc5)[C@@H](CC#N)C4)nc(Cl)nc23)c2ccccc2c1. The minimum atomic E-state index is -1.17. The lowest BCUT2D eigenvalue weighted by atomic mass is 9.95. The van der Waals surface area contributed by atoms with Gasteiger partial charge < -0.3 is 29.4 Å². The number of H-pyrrole nitrogens is 1. The van der Waals surface area contributed by atoms with Crippen molar-refractivity contribution in [1.29, 1.82) is 5.26 Å². The molecule has 1 fully saturated rings. The molecule has 0 aliphatic carbocycles. The molecule has 0 saturated carbocycles. The number of ether oxygens (including phenoxy) is 2. The van der Waals surface area contributed by atoms with Crippen LogP contribution in [0.1, 0.15) is 50.0 Å². The van der Waals surface area contributed by atoms with Crippen LogP contribution in [-0.4, -0.2) is 62.7 Å². The van der Waals surface area contributed by atoms with Gasteiger partial charge in [-0.05, 0) is 66.4 Å². The molecule has 1 aliphatic rings. The van der Waals surface area contributed by atoms with Gasteiger partial charge in [-0.15, -0.1) is 0 Å². The number of aliphatic hydroxyl groups is 1. The van der Waals surface area contributed by atoms with Crippen molar-refractivity contribution in [3.63, 3.8) is 0 Å². The fourth-order valence-electron chi connectivity index (χ4n) is 5.81. The first-order valence-corrected chi connectivity index (χ1v) is 16.0. The molecule has 0 spiro atoms. The van der Waals surface area contributed by atoms with Gasteiger partial charge in [-0.2, -0.15) is 10.2 Å². The first-order chi connectivity index (χ1) is 23.0. The van der Waals surface area contributed by atoms with Crippen molar-refractivity contribution in [2.75, 3.05) is 24.5 Å². The summed E-state index contributed by atoms with van der Waals surface area (Å²) in [4.78, 5) is 41.6. The lowest BCUT2D eigenvalue weighted by molar-refractivity contribution is -0.143. The molecule has 0 bridgehead atoms. The van der Waals surface area contributed by atoms with Gasteiger partial charge in [0, 0.05) is 31.4 Å². The van der Waals surface area contributed by atoms with E-state index in [-0.39, 0.29) is 18.3 Å². The highest BCUT2D eigenvalue weighted by molar-refractivity contribution is 6.28. The molecule has 3 heterocycles. The minimum absolute atomic E-state index is 0.0233. The van der Waals surface area contributed by atoms with Crippen LogP contribution in [0.4, 0.5) is 10.6 Å². The van der Waals surface area contributed by atoms with Gasteiger partial charge in [0.05, 0.1) is 23.9 Å². The number of hydrogen-bond acceptors (Lipinski definition) is 9. The molecule has 0 radical (unpaired) electrons. The van der Waals surface area contributed by atoms with E-state index in [4.69, 9.17) is 21.1 Å². The molecule has 1 saturated heterocycles. The predicted octanol–water partition coefficient (Wildman–Crippen LogP) is 6.54. The van der Waals surface area contributed by atoms with Gasteiger partial charge in [0.1, 0.15) is 29.5 Å². The maximum atomic E-state index is 13.1. The average Bonchev–Trinajstić information content (AvgIpc) is 3.50. The summed E-state index contributed by atoms with van der Waals surface area (Å²) in [6.45, 7) is 6.46. The summed E-state index contributed by atoms with van der Waals surface area (Å²) in [6, 6.07) is 22.1. The third-order valence-corrected chi connectivity index (χ3v) is 8.51. The third-order valence-electron chi connectivity index (χ3n) is 8.34. The standard InChI is InChI=1S/C36H35ClN6O5/c1-36(2,3)33(45)48-25-17-23-11-7-8-12-26(23)27(18-25)31(44)28-19-39-30-29(28)40-34(37)41-32(30)42-15-16-43(24(20-42)13-14-38)35(46)47-21-22-9-5-4-6-10-22/h4-12,17-19,24,31,39,44H,13,15-16,20-21H2,1-3H3/t24-,31?/m0/s1. The van der Waals surface area contributed by atoms with Crippen molar-refractivity contribution in [3.8, 4) is 11.8 Å². The van der Waals surface area contributed by atoms with Crippen molar-refractivity contribution in [3.05, 3.63) is 94.9 Å². The Morgan fingerprint density at radius 3 is 2.58 bits per heavy atom. The number of benzene rings is 3. The number of aliphatic hydroxyl groups excluding tert-OH is 1. The molecule has 5 aromatic rings. The van der Waals surface area contributed by atoms with E-state index >= 15 is 0 Å². The molecule has 3 aromatic carbocycles. The Hall–Kier alpha value is -5.18. The molecular weight excluding hydrogens is 632 g/mol. The monoisotopic (exact) mass is 666 g/mol. The van der Waals surface area contributed by atoms with E-state index in [1.165, 1.54) is 0 Å². The first kappa shape index (κ1) is 32.7. The minimum Gasteiger partial charge on any atom is -0.445 e. The molecule has 1 aliphatic heterocycles. The summed E-state index contributed by atoms with van der Waals surface area (Å²) in [6.07, 6.45) is 0.101. The number of nitrogens with one attached hydrogen (secondary N) is 1. The van der Waals surface area contributed by atoms with Crippen LogP contribution in [0.25, 0.3) is 21.8 Å². The zero-order chi connectivity index (χ0) is 34.0. The van der Waals surface area contributed by atoms with E-state index in [9.17, 15) is 20.0 Å². The van der Waals surface area contributed by atoms with E-state index in [2.05, 4.69) is 21.0 Å². The summed E-state index contributed by atoms with van der Waals surface area (Å²) in [5, 5.41) is 23.0. The number of esters is 1. The topological polar surface area (TPSA) is 145 Å². The van der Waals surface area contributed by atoms with Gasteiger partial charge in [-0.1, -0.05) is 54.6 Å². The highest BCUT2D eigenvalue weighted by Crippen LogP contribution is 2.38. The first-order valence-electron chi connectivity index (χ1n) is 15.6. The highest BCUT2D eigenvalue weighted by atomic mass is 35.5. The molecule has 2 N–H and O–H groups in total. The van der Waals surface area contributed by atoms with Crippen LogP contribution in [-0.2, 0) is 16.1 Å². The van der Waals surface area contributed by atoms with Gasteiger partial charge in [-0.3, -0.25) is 4.79 Å². The number of rotatable bonds is 7. The highest BCUT2D eigenvalue weighted by Gasteiger charge is 2.34. The number of piperazine rings is 1. The predicted molar refractivity (Wildman–Crippen MR) is 182 cm³/mol. The number of anilines is 1. The fraction of sp³-hybridized carbons (Fsp3) is 0.306. The number of carbonyl (C=O) groups excluding carboxylic acids is 2. The largest absolute Gasteiger partial charge is 0.445 e. The van der Waals surface area contributed by atoms with Crippen molar-refractivity contribution >= 4 is 51.3 Å². The van der Waals surface area contributed by atoms with Crippen LogP contribution in [0.3, 0.4) is 0 Å². The summed E-state index contributed by atoms with van der Waals surface area (Å²) >= 11 is 6.48. The molecule has 6 rings (SSSR count). The van der Waals surface area contributed by atoms with E-state index in [1.807, 2.05) is 59.5 Å². The van der Waals surface area contributed by atoms with Gasteiger partial charge in [0.15, 0.2) is 5.82 Å². The number of nitrogens with zero attached hydrogens (tertiary/aromatic N) is 5. The summed E-state index contributed by atoms with van der Waals surface area (Å²) in [7, 11) is 0. The Labute approximate surface area is 282 Å². The van der Waals surface area contributed by atoms with Crippen molar-refractivity contribution in [2.24, 2.45) is 5.41 Å². The molecule has 48 heavy (non-hydrogen) atoms. The maximum absolute atomic E-state index is 13.1. The van der Waals surface area contributed by atoms with Crippen LogP contribution in [0.5, 0.6) is 5.75 Å². The molecule has 11 nitrogen and oxygen atoms in total. The lowest BCUT2D eigenvalue weighted by Gasteiger charge is -2.40. The van der Waals surface area contributed by atoms with E-state index < -0.39 is 29.6 Å². The summed E-state index contributed by atoms with van der Waals surface area (Å²) < 4.78 is 11.3. The normalized spacial score (nSPS) is 15.7. The van der Waals surface area contributed by atoms with Crippen LogP contribution >= 0.6 is 11.6 Å². The Bertz CT molecular complexity index is 2020. The quantitative estimate of drug-likeness (QED) is 0.112. The van der Waals surface area contributed by atoms with E-state index in [0.717, 1.165) is 16.3 Å². The summed E-state index contributed by atoms with van der Waals surface area (Å²) in [5.74, 6) is 0.412. The number of nitriles is 1.